The number of H-pyrrole nitrogens is 1. The van der Waals surface area contributed by atoms with Crippen LogP contribution in [0.5, 0.6) is 0 Å². The Morgan fingerprint density at radius 1 is 1.32 bits per heavy atom. The van der Waals surface area contributed by atoms with Gasteiger partial charge in [-0.05, 0) is 12.1 Å². The molecule has 1 aliphatic carbocycles. The van der Waals surface area contributed by atoms with E-state index < -0.39 is 0 Å². The minimum absolute atomic E-state index is 0.126. The molecular formula is C13H14N5Ru. The summed E-state index contributed by atoms with van der Waals surface area (Å²) in [5.74, 6) is 0.368. The van der Waals surface area contributed by atoms with Crippen LogP contribution in [-0.2, 0) is 18.3 Å². The second kappa shape index (κ2) is 6.29. The third-order valence-corrected chi connectivity index (χ3v) is 3.00. The molecule has 3 rings (SSSR count). The summed E-state index contributed by atoms with van der Waals surface area (Å²) >= 11 is 2.61. The summed E-state index contributed by atoms with van der Waals surface area (Å²) in [6, 6.07) is 7.61. The molecule has 1 aromatic heterocycles. The van der Waals surface area contributed by atoms with Gasteiger partial charge in [0.25, 0.3) is 0 Å². The van der Waals surface area contributed by atoms with Crippen molar-refractivity contribution in [3.05, 3.63) is 48.6 Å². The van der Waals surface area contributed by atoms with Crippen molar-refractivity contribution in [2.75, 3.05) is 5.32 Å². The van der Waals surface area contributed by atoms with E-state index in [1.807, 2.05) is 24.3 Å². The van der Waals surface area contributed by atoms with Crippen LogP contribution in [0.4, 0.5) is 5.95 Å². The number of hydrogen-bond donors (Lipinski definition) is 4. The molecule has 0 spiro atoms. The first-order valence-electron chi connectivity index (χ1n) is 5.68. The van der Waals surface area contributed by atoms with Crippen molar-refractivity contribution < 1.29 is 18.3 Å². The van der Waals surface area contributed by atoms with Gasteiger partial charge in [0.05, 0.1) is 11.0 Å². The van der Waals surface area contributed by atoms with Crippen LogP contribution in [0.2, 0.25) is 4.51 Å². The predicted octanol–water partition coefficient (Wildman–Crippen LogP) is 2.32. The number of para-hydroxylation sites is 2. The number of fused-ring (bicyclic) bond motifs is 1. The van der Waals surface area contributed by atoms with Crippen molar-refractivity contribution in [1.82, 2.24) is 9.97 Å². The summed E-state index contributed by atoms with van der Waals surface area (Å²) in [7, 11) is 0. The summed E-state index contributed by atoms with van der Waals surface area (Å²) in [6.45, 7) is 0. The van der Waals surface area contributed by atoms with E-state index in [0.29, 0.717) is 10.5 Å². The molecule has 1 heterocycles. The van der Waals surface area contributed by atoms with Crippen molar-refractivity contribution in [1.29, 1.82) is 5.41 Å². The predicted molar refractivity (Wildman–Crippen MR) is 73.7 cm³/mol. The van der Waals surface area contributed by atoms with Gasteiger partial charge in [-0.2, -0.15) is 0 Å². The van der Waals surface area contributed by atoms with Gasteiger partial charge in [-0.15, -0.1) is 0 Å². The number of hydrogen-bond acceptors (Lipinski definition) is 2. The Morgan fingerprint density at radius 2 is 2.00 bits per heavy atom. The van der Waals surface area contributed by atoms with Crippen molar-refractivity contribution >= 4 is 22.9 Å². The van der Waals surface area contributed by atoms with Gasteiger partial charge >= 0.3 is 47.1 Å². The summed E-state index contributed by atoms with van der Waals surface area (Å²) < 4.78 is 0.615. The quantitative estimate of drug-likeness (QED) is 0.364. The number of anilines is 1. The van der Waals surface area contributed by atoms with Gasteiger partial charge in [0.15, 0.2) is 5.96 Å². The van der Waals surface area contributed by atoms with Crippen molar-refractivity contribution in [2.24, 2.45) is 5.73 Å². The van der Waals surface area contributed by atoms with E-state index >= 15 is 0 Å². The van der Waals surface area contributed by atoms with E-state index in [1.54, 1.807) is 0 Å². The molecule has 0 bridgehead atoms. The SMILES string of the molecule is N=C(N)Nc1nc2ccccc2[nH]1.[Ru][CH]1C=CC=C1. The minimum atomic E-state index is -0.126. The van der Waals surface area contributed by atoms with Crippen molar-refractivity contribution in [3.63, 3.8) is 0 Å². The van der Waals surface area contributed by atoms with Gasteiger partial charge in [0.1, 0.15) is 0 Å². The van der Waals surface area contributed by atoms with Gasteiger partial charge in [0.2, 0.25) is 5.95 Å². The van der Waals surface area contributed by atoms with Crippen LogP contribution < -0.4 is 11.1 Å². The van der Waals surface area contributed by atoms with E-state index in [1.165, 1.54) is 0 Å². The number of imidazole rings is 1. The number of aromatic nitrogens is 2. The number of nitrogens with two attached hydrogens (primary N) is 1. The maximum atomic E-state index is 7.01. The molecule has 0 unspecified atom stereocenters. The maximum absolute atomic E-state index is 7.01. The molecule has 6 heteroatoms. The third kappa shape index (κ3) is 4.03. The van der Waals surface area contributed by atoms with E-state index in [-0.39, 0.29) is 5.96 Å². The van der Waals surface area contributed by atoms with Crippen molar-refractivity contribution in [3.8, 4) is 0 Å². The molecule has 0 aliphatic heterocycles. The van der Waals surface area contributed by atoms with Gasteiger partial charge < -0.3 is 10.7 Å². The summed E-state index contributed by atoms with van der Waals surface area (Å²) in [6.07, 6.45) is 8.38. The molecular weight excluding hydrogens is 327 g/mol. The molecule has 0 fully saturated rings. The van der Waals surface area contributed by atoms with E-state index in [2.05, 4.69) is 57.9 Å². The zero-order valence-electron chi connectivity index (χ0n) is 10.1. The molecule has 99 valence electrons. The Hall–Kier alpha value is -1.94. The molecule has 5 nitrogen and oxygen atoms in total. The summed E-state index contributed by atoms with van der Waals surface area (Å²) in [5, 5.41) is 9.60. The van der Waals surface area contributed by atoms with Gasteiger partial charge in [0, 0.05) is 0 Å². The zero-order valence-corrected chi connectivity index (χ0v) is 11.8. The molecule has 0 amide bonds. The van der Waals surface area contributed by atoms with E-state index in [0.717, 1.165) is 11.0 Å². The first-order valence-corrected chi connectivity index (χ1v) is 6.69. The fourth-order valence-corrected chi connectivity index (χ4v) is 1.93. The van der Waals surface area contributed by atoms with Gasteiger partial charge in [-0.25, -0.2) is 4.98 Å². The monoisotopic (exact) mass is 342 g/mol. The summed E-state index contributed by atoms with van der Waals surface area (Å²) in [4.78, 5) is 7.15. The Bertz CT molecular complexity index is 584. The van der Waals surface area contributed by atoms with E-state index in [9.17, 15) is 0 Å². The molecule has 0 radical (unpaired) electrons. The van der Waals surface area contributed by atoms with Crippen LogP contribution >= 0.6 is 0 Å². The number of allylic oxidation sites excluding steroid dienone is 4. The van der Waals surface area contributed by atoms with Crippen LogP contribution in [-0.4, -0.2) is 15.9 Å². The van der Waals surface area contributed by atoms with Crippen LogP contribution in [0.3, 0.4) is 0 Å². The number of rotatable bonds is 1. The second-order valence-corrected chi connectivity index (χ2v) is 5.00. The normalized spacial score (nSPS) is 13.3. The van der Waals surface area contributed by atoms with E-state index in [4.69, 9.17) is 11.1 Å². The Labute approximate surface area is 121 Å². The average molecular weight is 341 g/mol. The number of nitrogens with zero attached hydrogens (tertiary/aromatic N) is 1. The first-order chi connectivity index (χ1) is 9.15. The first kappa shape index (κ1) is 13.5. The topological polar surface area (TPSA) is 90.6 Å². The zero-order chi connectivity index (χ0) is 13.7. The van der Waals surface area contributed by atoms with Crippen LogP contribution in [0.15, 0.2) is 48.6 Å². The number of benzene rings is 1. The third-order valence-electron chi connectivity index (χ3n) is 2.33. The molecule has 5 N–H and O–H groups in total. The molecule has 1 aliphatic rings. The summed E-state index contributed by atoms with van der Waals surface area (Å²) in [5.41, 5.74) is 6.93. The fourth-order valence-electron chi connectivity index (χ4n) is 1.54. The fraction of sp³-hybridized carbons (Fsp3) is 0.0769. The molecule has 1 aromatic carbocycles. The average Bonchev–Trinajstić information content (AvgIpc) is 2.97. The standard InChI is InChI=1S/C8H9N5.C5H5.Ru/c9-7(10)13-8-11-5-3-1-2-4-6(5)12-8;1-2-4-5-3-1;/h1-4H,(H5,9,10,11,12,13);1-5H;. The Morgan fingerprint density at radius 3 is 2.53 bits per heavy atom. The Balaban J connectivity index is 0.000000186. The Kier molecular flexibility index (Phi) is 4.47. The molecule has 0 saturated carbocycles. The number of aromatic amines is 1. The molecule has 0 saturated heterocycles. The van der Waals surface area contributed by atoms with Gasteiger partial charge in [-0.1, -0.05) is 12.1 Å². The van der Waals surface area contributed by atoms with Crippen LogP contribution in [0.25, 0.3) is 11.0 Å². The van der Waals surface area contributed by atoms with Gasteiger partial charge in [-0.3, -0.25) is 10.7 Å². The van der Waals surface area contributed by atoms with Crippen LogP contribution in [0.1, 0.15) is 0 Å². The number of nitrogens with one attached hydrogen (secondary N) is 3. The van der Waals surface area contributed by atoms with Crippen LogP contribution in [0, 0.1) is 5.41 Å². The second-order valence-electron chi connectivity index (χ2n) is 3.84. The van der Waals surface area contributed by atoms with Crippen molar-refractivity contribution in [2.45, 2.75) is 4.51 Å². The molecule has 2 aromatic rings. The molecule has 0 atom stereocenters. The number of guanidine groups is 1. The molecule has 19 heavy (non-hydrogen) atoms.